The van der Waals surface area contributed by atoms with Crippen molar-refractivity contribution >= 4 is 23.6 Å². The Morgan fingerprint density at radius 2 is 1.84 bits per heavy atom. The van der Waals surface area contributed by atoms with Gasteiger partial charge in [0.15, 0.2) is 0 Å². The van der Waals surface area contributed by atoms with Gasteiger partial charge < -0.3 is 19.9 Å². The van der Waals surface area contributed by atoms with Gasteiger partial charge in [0.2, 0.25) is 5.91 Å². The number of amides is 3. The van der Waals surface area contributed by atoms with Gasteiger partial charge in [-0.2, -0.15) is 0 Å². The topological polar surface area (TPSA) is 82.2 Å². The van der Waals surface area contributed by atoms with Crippen molar-refractivity contribution in [1.82, 2.24) is 15.1 Å². The second-order valence-electron chi connectivity index (χ2n) is 9.12. The van der Waals surface area contributed by atoms with Crippen molar-refractivity contribution in [3.8, 4) is 0 Å². The van der Waals surface area contributed by atoms with Crippen LogP contribution in [0.5, 0.6) is 0 Å². The molecule has 1 N–H and O–H groups in total. The molecule has 8 nitrogen and oxygen atoms in total. The fourth-order valence-corrected chi connectivity index (χ4v) is 3.82. The van der Waals surface area contributed by atoms with Crippen LogP contribution >= 0.6 is 0 Å². The van der Waals surface area contributed by atoms with Crippen LogP contribution in [0, 0.1) is 0 Å². The molecule has 0 saturated carbocycles. The van der Waals surface area contributed by atoms with Crippen LogP contribution in [0.15, 0.2) is 24.3 Å². The normalized spacial score (nSPS) is 17.7. The minimum Gasteiger partial charge on any atom is -0.444 e. The second-order valence-corrected chi connectivity index (χ2v) is 9.12. The summed E-state index contributed by atoms with van der Waals surface area (Å²) in [5, 5.41) is 2.97. The maximum absolute atomic E-state index is 12.5. The number of carbonyl (C=O) groups is 3. The van der Waals surface area contributed by atoms with Gasteiger partial charge in [-0.1, -0.05) is 6.07 Å². The largest absolute Gasteiger partial charge is 0.444 e. The van der Waals surface area contributed by atoms with Crippen LogP contribution in [-0.4, -0.2) is 79.1 Å². The lowest BCUT2D eigenvalue weighted by molar-refractivity contribution is -0.117. The summed E-state index contributed by atoms with van der Waals surface area (Å²) in [6, 6.07) is 7.25. The van der Waals surface area contributed by atoms with Crippen LogP contribution in [0.1, 0.15) is 50.4 Å². The van der Waals surface area contributed by atoms with Crippen LogP contribution in [0.25, 0.3) is 0 Å². The van der Waals surface area contributed by atoms with E-state index in [0.717, 1.165) is 38.2 Å². The van der Waals surface area contributed by atoms with Crippen molar-refractivity contribution in [2.24, 2.45) is 0 Å². The van der Waals surface area contributed by atoms with E-state index in [-0.39, 0.29) is 17.9 Å². The Morgan fingerprint density at radius 1 is 1.10 bits per heavy atom. The monoisotopic (exact) mass is 430 g/mol. The Kier molecular flexibility index (Phi) is 7.54. The number of nitrogens with one attached hydrogen (secondary N) is 1. The number of carbonyl (C=O) groups excluding carboxylic acids is 3. The predicted octanol–water partition coefficient (Wildman–Crippen LogP) is 2.49. The zero-order valence-corrected chi connectivity index (χ0v) is 18.9. The molecule has 1 aromatic rings. The van der Waals surface area contributed by atoms with Gasteiger partial charge in [0.05, 0.1) is 0 Å². The molecule has 2 aliphatic rings. The van der Waals surface area contributed by atoms with E-state index in [2.05, 4.69) is 10.2 Å². The first-order valence-corrected chi connectivity index (χ1v) is 11.1. The summed E-state index contributed by atoms with van der Waals surface area (Å²) in [5.41, 5.74) is 0.886. The zero-order chi connectivity index (χ0) is 22.4. The molecule has 8 heteroatoms. The van der Waals surface area contributed by atoms with E-state index < -0.39 is 5.60 Å². The summed E-state index contributed by atoms with van der Waals surface area (Å²) in [6.45, 7) is 10.7. The molecule has 2 heterocycles. The first kappa shape index (κ1) is 23.1. The van der Waals surface area contributed by atoms with E-state index in [0.29, 0.717) is 38.2 Å². The van der Waals surface area contributed by atoms with Gasteiger partial charge in [-0.25, -0.2) is 4.79 Å². The molecule has 31 heavy (non-hydrogen) atoms. The lowest BCUT2D eigenvalue weighted by atomic mass is 10.1. The highest BCUT2D eigenvalue weighted by atomic mass is 16.6. The summed E-state index contributed by atoms with van der Waals surface area (Å²) in [7, 11) is 0. The highest BCUT2D eigenvalue weighted by Gasteiger charge is 2.26. The lowest BCUT2D eigenvalue weighted by Gasteiger charge is -2.35. The van der Waals surface area contributed by atoms with Gasteiger partial charge in [0.1, 0.15) is 5.60 Å². The molecular weight excluding hydrogens is 396 g/mol. The molecule has 2 aliphatic heterocycles. The molecule has 2 saturated heterocycles. The zero-order valence-electron chi connectivity index (χ0n) is 18.9. The fraction of sp³-hybridized carbons (Fsp3) is 0.609. The smallest absolute Gasteiger partial charge is 0.410 e. The summed E-state index contributed by atoms with van der Waals surface area (Å²) in [4.78, 5) is 42.3. The summed E-state index contributed by atoms with van der Waals surface area (Å²) < 4.78 is 5.43. The van der Waals surface area contributed by atoms with E-state index in [4.69, 9.17) is 4.74 Å². The van der Waals surface area contributed by atoms with Crippen molar-refractivity contribution in [2.75, 3.05) is 50.7 Å². The molecule has 0 unspecified atom stereocenters. The summed E-state index contributed by atoms with van der Waals surface area (Å²) in [5.74, 6) is -0.00688. The van der Waals surface area contributed by atoms with Gasteiger partial charge in [-0.05, 0) is 58.4 Å². The summed E-state index contributed by atoms with van der Waals surface area (Å²) >= 11 is 0. The molecule has 0 bridgehead atoms. The molecule has 1 aromatic carbocycles. The van der Waals surface area contributed by atoms with E-state index in [1.165, 1.54) is 0 Å². The first-order valence-electron chi connectivity index (χ1n) is 11.1. The van der Waals surface area contributed by atoms with Gasteiger partial charge in [0, 0.05) is 56.9 Å². The SMILES string of the molecule is CC(C)(C)OC(=O)N1CCN(CCCNC(=O)c2cccc(N3CCCC3=O)c2)CC1. The maximum atomic E-state index is 12.5. The molecule has 0 aliphatic carbocycles. The highest BCUT2D eigenvalue weighted by Crippen LogP contribution is 2.22. The van der Waals surface area contributed by atoms with Crippen LogP contribution in [0.2, 0.25) is 0 Å². The summed E-state index contributed by atoms with van der Waals surface area (Å²) in [6.07, 6.45) is 2.02. The molecule has 3 amide bonds. The minimum absolute atomic E-state index is 0.115. The lowest BCUT2D eigenvalue weighted by Crippen LogP contribution is -2.50. The van der Waals surface area contributed by atoms with Crippen LogP contribution in [0.3, 0.4) is 0 Å². The number of anilines is 1. The van der Waals surface area contributed by atoms with E-state index in [1.807, 2.05) is 32.9 Å². The predicted molar refractivity (Wildman–Crippen MR) is 119 cm³/mol. The van der Waals surface area contributed by atoms with Crippen molar-refractivity contribution < 1.29 is 19.1 Å². The first-order chi connectivity index (χ1) is 14.7. The number of rotatable bonds is 6. The molecule has 0 aromatic heterocycles. The number of benzene rings is 1. The average molecular weight is 431 g/mol. The van der Waals surface area contributed by atoms with Gasteiger partial charge in [0.25, 0.3) is 5.91 Å². The van der Waals surface area contributed by atoms with Crippen molar-refractivity contribution in [2.45, 2.75) is 45.6 Å². The van der Waals surface area contributed by atoms with E-state index in [9.17, 15) is 14.4 Å². The van der Waals surface area contributed by atoms with Crippen LogP contribution < -0.4 is 10.2 Å². The second kappa shape index (κ2) is 10.1. The van der Waals surface area contributed by atoms with E-state index >= 15 is 0 Å². The quantitative estimate of drug-likeness (QED) is 0.701. The van der Waals surface area contributed by atoms with Crippen LogP contribution in [-0.2, 0) is 9.53 Å². The van der Waals surface area contributed by atoms with Crippen LogP contribution in [0.4, 0.5) is 10.5 Å². The number of piperazine rings is 1. The highest BCUT2D eigenvalue weighted by molar-refractivity contribution is 5.99. The molecule has 3 rings (SSSR count). The maximum Gasteiger partial charge on any atom is 0.410 e. The number of hydrogen-bond acceptors (Lipinski definition) is 5. The van der Waals surface area contributed by atoms with Gasteiger partial charge >= 0.3 is 6.09 Å². The van der Waals surface area contributed by atoms with Gasteiger partial charge in [-0.15, -0.1) is 0 Å². The van der Waals surface area contributed by atoms with Crippen molar-refractivity contribution in [1.29, 1.82) is 0 Å². The Balaban J connectivity index is 1.36. The van der Waals surface area contributed by atoms with Crippen molar-refractivity contribution in [3.63, 3.8) is 0 Å². The molecule has 0 radical (unpaired) electrons. The third-order valence-electron chi connectivity index (χ3n) is 5.45. The number of ether oxygens (including phenoxy) is 1. The molecule has 0 atom stereocenters. The standard InChI is InChI=1S/C23H34N4O4/c1-23(2,3)31-22(30)26-15-13-25(14-16-26)11-6-10-24-21(29)18-7-4-8-19(17-18)27-12-5-9-20(27)28/h4,7-8,17H,5-6,9-16H2,1-3H3,(H,24,29). The Labute approximate surface area is 184 Å². The average Bonchev–Trinajstić information content (AvgIpc) is 3.16. The molecule has 0 spiro atoms. The van der Waals surface area contributed by atoms with E-state index in [1.54, 1.807) is 21.9 Å². The molecule has 170 valence electrons. The third-order valence-corrected chi connectivity index (χ3v) is 5.45. The number of hydrogen-bond donors (Lipinski definition) is 1. The Morgan fingerprint density at radius 3 is 2.48 bits per heavy atom. The third kappa shape index (κ3) is 6.69. The Bertz CT molecular complexity index is 797. The Hall–Kier alpha value is -2.61. The van der Waals surface area contributed by atoms with Gasteiger partial charge in [-0.3, -0.25) is 14.5 Å². The minimum atomic E-state index is -0.476. The fourth-order valence-electron chi connectivity index (χ4n) is 3.82. The molecule has 2 fully saturated rings. The number of nitrogens with zero attached hydrogens (tertiary/aromatic N) is 3. The molecular formula is C23H34N4O4. The van der Waals surface area contributed by atoms with Crippen molar-refractivity contribution in [3.05, 3.63) is 29.8 Å².